The van der Waals surface area contributed by atoms with Gasteiger partial charge >= 0.3 is 5.97 Å². The molecule has 0 aromatic carbocycles. The average Bonchev–Trinajstić information content (AvgIpc) is 3.23. The molecule has 3 heterocycles. The van der Waals surface area contributed by atoms with Gasteiger partial charge in [0.1, 0.15) is 5.69 Å². The van der Waals surface area contributed by atoms with Crippen molar-refractivity contribution in [3.63, 3.8) is 0 Å². The number of nitrogens with one attached hydrogen (secondary N) is 2. The van der Waals surface area contributed by atoms with E-state index in [4.69, 9.17) is 0 Å². The summed E-state index contributed by atoms with van der Waals surface area (Å²) in [5.74, 6) is -0.263. The molecule has 2 aromatic rings. The Morgan fingerprint density at radius 1 is 1.18 bits per heavy atom. The van der Waals surface area contributed by atoms with Crippen molar-refractivity contribution in [2.75, 3.05) is 13.1 Å². The molecule has 0 radical (unpaired) electrons. The van der Waals surface area contributed by atoms with Gasteiger partial charge in [0.25, 0.3) is 5.91 Å². The summed E-state index contributed by atoms with van der Waals surface area (Å²) in [6.07, 6.45) is 7.78. The molecule has 8 nitrogen and oxygen atoms in total. The van der Waals surface area contributed by atoms with E-state index in [1.807, 2.05) is 12.1 Å². The fourth-order valence-electron chi connectivity index (χ4n) is 3.97. The lowest BCUT2D eigenvalue weighted by atomic mass is 10.1. The van der Waals surface area contributed by atoms with Crippen molar-refractivity contribution >= 4 is 11.9 Å². The van der Waals surface area contributed by atoms with Crippen LogP contribution in [-0.4, -0.2) is 62.2 Å². The van der Waals surface area contributed by atoms with E-state index in [9.17, 15) is 14.7 Å². The van der Waals surface area contributed by atoms with E-state index in [-0.39, 0.29) is 24.4 Å². The van der Waals surface area contributed by atoms with Crippen LogP contribution in [-0.2, 0) is 4.79 Å². The summed E-state index contributed by atoms with van der Waals surface area (Å²) in [5, 5.41) is 19.2. The van der Waals surface area contributed by atoms with Crippen LogP contribution < -0.4 is 5.32 Å². The predicted octanol–water partition coefficient (Wildman–Crippen LogP) is 1.92. The molecule has 1 aliphatic heterocycles. The lowest BCUT2D eigenvalue weighted by Crippen LogP contribution is -2.44. The average molecular weight is 383 g/mol. The summed E-state index contributed by atoms with van der Waals surface area (Å²) >= 11 is 0. The fraction of sp³-hybridized carbons (Fsp3) is 0.500. The van der Waals surface area contributed by atoms with E-state index in [0.717, 1.165) is 24.9 Å². The first-order chi connectivity index (χ1) is 13.6. The second-order valence-electron chi connectivity index (χ2n) is 7.74. The Hall–Kier alpha value is -2.74. The standard InChI is InChI=1S/C20H25N5O3/c26-19(27)9-15-3-4-16(25(15)12-13-1-2-13)11-22-20(28)18-10-17(23-24-18)14-5-7-21-8-6-14/h5-8,10,13,15-16H,1-4,9,11-12H2,(H,22,28)(H,23,24)(H,26,27)/t15-,16+/m1/s1. The minimum atomic E-state index is -0.753. The van der Waals surface area contributed by atoms with Crippen LogP contribution in [0.4, 0.5) is 0 Å². The van der Waals surface area contributed by atoms with Crippen molar-refractivity contribution < 1.29 is 14.7 Å². The molecule has 2 aliphatic rings. The monoisotopic (exact) mass is 383 g/mol. The topological polar surface area (TPSA) is 111 Å². The lowest BCUT2D eigenvalue weighted by Gasteiger charge is -2.29. The van der Waals surface area contributed by atoms with Gasteiger partial charge in [-0.25, -0.2) is 0 Å². The number of carboxylic acids is 1. The molecule has 28 heavy (non-hydrogen) atoms. The first-order valence-corrected chi connectivity index (χ1v) is 9.81. The maximum atomic E-state index is 12.5. The third-order valence-electron chi connectivity index (χ3n) is 5.64. The molecule has 2 fully saturated rings. The van der Waals surface area contributed by atoms with Gasteiger partial charge in [0.15, 0.2) is 0 Å². The molecule has 1 amide bonds. The highest BCUT2D eigenvalue weighted by Crippen LogP contribution is 2.35. The Morgan fingerprint density at radius 3 is 2.64 bits per heavy atom. The number of aromatic amines is 1. The van der Waals surface area contributed by atoms with Gasteiger partial charge in [-0.2, -0.15) is 5.10 Å². The predicted molar refractivity (Wildman–Crippen MR) is 103 cm³/mol. The number of H-pyrrole nitrogens is 1. The van der Waals surface area contributed by atoms with Crippen molar-refractivity contribution in [1.82, 2.24) is 25.4 Å². The maximum Gasteiger partial charge on any atom is 0.304 e. The number of nitrogens with zero attached hydrogens (tertiary/aromatic N) is 3. The third-order valence-corrected chi connectivity index (χ3v) is 5.64. The third kappa shape index (κ3) is 4.39. The molecule has 1 saturated carbocycles. The number of carboxylic acid groups (broad SMARTS) is 1. The zero-order valence-corrected chi connectivity index (χ0v) is 15.7. The maximum absolute atomic E-state index is 12.5. The Labute approximate surface area is 163 Å². The molecule has 148 valence electrons. The number of amides is 1. The minimum Gasteiger partial charge on any atom is -0.481 e. The number of aromatic nitrogens is 3. The van der Waals surface area contributed by atoms with Crippen LogP contribution in [0.5, 0.6) is 0 Å². The van der Waals surface area contributed by atoms with Gasteiger partial charge in [0.2, 0.25) is 0 Å². The van der Waals surface area contributed by atoms with Gasteiger partial charge in [-0.1, -0.05) is 0 Å². The number of pyridine rings is 1. The van der Waals surface area contributed by atoms with Crippen molar-refractivity contribution in [3.8, 4) is 11.3 Å². The highest BCUT2D eigenvalue weighted by Gasteiger charge is 2.38. The summed E-state index contributed by atoms with van der Waals surface area (Å²) in [5.41, 5.74) is 2.01. The van der Waals surface area contributed by atoms with E-state index in [0.29, 0.717) is 23.9 Å². The molecule has 0 unspecified atom stereocenters. The van der Waals surface area contributed by atoms with Crippen molar-refractivity contribution in [1.29, 1.82) is 0 Å². The van der Waals surface area contributed by atoms with E-state index >= 15 is 0 Å². The smallest absolute Gasteiger partial charge is 0.304 e. The van der Waals surface area contributed by atoms with Crippen molar-refractivity contribution in [2.45, 2.75) is 44.2 Å². The Morgan fingerprint density at radius 2 is 1.93 bits per heavy atom. The Kier molecular flexibility index (Phi) is 5.38. The molecular weight excluding hydrogens is 358 g/mol. The van der Waals surface area contributed by atoms with Gasteiger partial charge in [-0.15, -0.1) is 0 Å². The second kappa shape index (κ2) is 8.10. The highest BCUT2D eigenvalue weighted by atomic mass is 16.4. The van der Waals surface area contributed by atoms with Crippen LogP contribution in [0.3, 0.4) is 0 Å². The van der Waals surface area contributed by atoms with Crippen LogP contribution >= 0.6 is 0 Å². The van der Waals surface area contributed by atoms with Gasteiger partial charge in [0, 0.05) is 43.1 Å². The lowest BCUT2D eigenvalue weighted by molar-refractivity contribution is -0.138. The summed E-state index contributed by atoms with van der Waals surface area (Å²) < 4.78 is 0. The fourth-order valence-corrected chi connectivity index (χ4v) is 3.97. The van der Waals surface area contributed by atoms with Gasteiger partial charge in [-0.3, -0.25) is 24.6 Å². The minimum absolute atomic E-state index is 0.0745. The molecule has 3 N–H and O–H groups in total. The number of hydrogen-bond acceptors (Lipinski definition) is 5. The molecule has 8 heteroatoms. The largest absolute Gasteiger partial charge is 0.481 e. The number of likely N-dealkylation sites (tertiary alicyclic amines) is 1. The van der Waals surface area contributed by atoms with Crippen LogP contribution in [0.1, 0.15) is 42.6 Å². The van der Waals surface area contributed by atoms with Crippen molar-refractivity contribution in [3.05, 3.63) is 36.3 Å². The molecular formula is C20H25N5O3. The summed E-state index contributed by atoms with van der Waals surface area (Å²) in [4.78, 5) is 30.0. The van der Waals surface area contributed by atoms with Crippen LogP contribution in [0.15, 0.2) is 30.6 Å². The molecule has 0 bridgehead atoms. The quantitative estimate of drug-likeness (QED) is 0.642. The van der Waals surface area contributed by atoms with E-state index in [2.05, 4.69) is 25.4 Å². The number of hydrogen-bond donors (Lipinski definition) is 3. The number of carbonyl (C=O) groups is 2. The normalized spacial score (nSPS) is 22.3. The summed E-state index contributed by atoms with van der Waals surface area (Å²) in [6.45, 7) is 1.46. The van der Waals surface area contributed by atoms with Gasteiger partial charge < -0.3 is 10.4 Å². The molecule has 1 aliphatic carbocycles. The molecule has 2 aromatic heterocycles. The Balaban J connectivity index is 1.36. The molecule has 0 spiro atoms. The molecule has 1 saturated heterocycles. The Bertz CT molecular complexity index is 833. The first kappa shape index (κ1) is 18.6. The zero-order valence-electron chi connectivity index (χ0n) is 15.7. The number of rotatable bonds is 8. The SMILES string of the molecule is O=C(O)C[C@H]1CC[C@@H](CNC(=O)c2cc(-c3ccncc3)n[nH]2)N1CC1CC1. The molecule has 4 rings (SSSR count). The van der Waals surface area contributed by atoms with E-state index in [1.54, 1.807) is 18.5 Å². The number of carbonyl (C=O) groups excluding carboxylic acids is 1. The van der Waals surface area contributed by atoms with Crippen molar-refractivity contribution in [2.24, 2.45) is 5.92 Å². The van der Waals surface area contributed by atoms with Crippen LogP contribution in [0.2, 0.25) is 0 Å². The first-order valence-electron chi connectivity index (χ1n) is 9.81. The van der Waals surface area contributed by atoms with Crippen LogP contribution in [0.25, 0.3) is 11.3 Å². The summed E-state index contributed by atoms with van der Waals surface area (Å²) in [7, 11) is 0. The van der Waals surface area contributed by atoms with Gasteiger partial charge in [0.05, 0.1) is 12.1 Å². The van der Waals surface area contributed by atoms with Gasteiger partial charge in [-0.05, 0) is 49.8 Å². The van der Waals surface area contributed by atoms with E-state index < -0.39 is 5.97 Å². The highest BCUT2D eigenvalue weighted by molar-refractivity contribution is 5.93. The second-order valence-corrected chi connectivity index (χ2v) is 7.74. The molecule has 2 atom stereocenters. The van der Waals surface area contributed by atoms with E-state index in [1.165, 1.54) is 12.8 Å². The van der Waals surface area contributed by atoms with Crippen LogP contribution in [0, 0.1) is 5.92 Å². The number of aliphatic carboxylic acids is 1. The summed E-state index contributed by atoms with van der Waals surface area (Å²) in [6, 6.07) is 5.68. The zero-order chi connectivity index (χ0) is 19.5.